The summed E-state index contributed by atoms with van der Waals surface area (Å²) in [4.78, 5) is 22.4. The van der Waals surface area contributed by atoms with Gasteiger partial charge in [-0.25, -0.2) is 0 Å². The highest BCUT2D eigenvalue weighted by Gasteiger charge is 2.10. The van der Waals surface area contributed by atoms with Gasteiger partial charge in [-0.05, 0) is 67.2 Å². The predicted octanol–water partition coefficient (Wildman–Crippen LogP) is 6.00. The van der Waals surface area contributed by atoms with E-state index < -0.39 is 10.8 Å². The Morgan fingerprint density at radius 2 is 1.84 bits per heavy atom. The van der Waals surface area contributed by atoms with Crippen molar-refractivity contribution in [1.29, 1.82) is 0 Å². The fraction of sp³-hybridized carbons (Fsp3) is 0.0476. The average molecular weight is 476 g/mol. The van der Waals surface area contributed by atoms with Crippen LogP contribution < -0.4 is 10.6 Å². The minimum absolute atomic E-state index is 0.0289. The van der Waals surface area contributed by atoms with E-state index in [0.29, 0.717) is 38.4 Å². The number of furan rings is 1. The first-order valence-corrected chi connectivity index (χ1v) is 9.99. The van der Waals surface area contributed by atoms with Gasteiger partial charge >= 0.3 is 0 Å². The molecule has 0 atom stereocenters. The molecule has 1 heterocycles. The molecule has 0 unspecified atom stereocenters. The number of carbonyl (C=O) groups is 1. The van der Waals surface area contributed by atoms with Crippen LogP contribution in [-0.2, 0) is 4.79 Å². The summed E-state index contributed by atoms with van der Waals surface area (Å²) in [7, 11) is 0. The lowest BCUT2D eigenvalue weighted by Crippen LogP contribution is -2.33. The molecule has 0 saturated carbocycles. The Balaban J connectivity index is 1.60. The van der Waals surface area contributed by atoms with Crippen molar-refractivity contribution in [3.63, 3.8) is 0 Å². The van der Waals surface area contributed by atoms with Crippen LogP contribution >= 0.6 is 35.4 Å². The minimum Gasteiger partial charge on any atom is -0.457 e. The Hall–Kier alpha value is -3.20. The third-order valence-electron chi connectivity index (χ3n) is 4.08. The summed E-state index contributed by atoms with van der Waals surface area (Å²) in [5.41, 5.74) is 1.85. The SMILES string of the molecule is Cc1cc([N+](=O)[O-])ccc1NC(=S)NC(=O)/C=C/c1ccc(-c2cc(Cl)cc(Cl)c2)o1. The second-order valence-corrected chi connectivity index (χ2v) is 7.67. The maximum atomic E-state index is 12.1. The van der Waals surface area contributed by atoms with Crippen molar-refractivity contribution in [3.05, 3.63) is 86.1 Å². The first kappa shape index (κ1) is 22.5. The van der Waals surface area contributed by atoms with Gasteiger partial charge in [-0.2, -0.15) is 0 Å². The molecule has 2 N–H and O–H groups in total. The lowest BCUT2D eigenvalue weighted by Gasteiger charge is -2.10. The summed E-state index contributed by atoms with van der Waals surface area (Å²) in [5.74, 6) is 0.530. The van der Waals surface area contributed by atoms with Crippen LogP contribution in [0.5, 0.6) is 0 Å². The Morgan fingerprint density at radius 3 is 2.48 bits per heavy atom. The van der Waals surface area contributed by atoms with Gasteiger partial charge in [-0.3, -0.25) is 20.2 Å². The molecule has 0 radical (unpaired) electrons. The van der Waals surface area contributed by atoms with E-state index in [2.05, 4.69) is 10.6 Å². The molecule has 158 valence electrons. The number of non-ortho nitro benzene ring substituents is 1. The minimum atomic E-state index is -0.483. The van der Waals surface area contributed by atoms with E-state index in [4.69, 9.17) is 39.8 Å². The highest BCUT2D eigenvalue weighted by atomic mass is 35.5. The molecule has 0 saturated heterocycles. The topological polar surface area (TPSA) is 97.4 Å². The summed E-state index contributed by atoms with van der Waals surface area (Å²) < 4.78 is 5.69. The molecular weight excluding hydrogens is 461 g/mol. The van der Waals surface area contributed by atoms with E-state index in [1.807, 2.05) is 0 Å². The van der Waals surface area contributed by atoms with E-state index in [9.17, 15) is 14.9 Å². The van der Waals surface area contributed by atoms with E-state index in [0.717, 1.165) is 0 Å². The molecule has 2 aromatic carbocycles. The fourth-order valence-electron chi connectivity index (χ4n) is 2.66. The summed E-state index contributed by atoms with van der Waals surface area (Å²) in [5, 5.41) is 17.2. The summed E-state index contributed by atoms with van der Waals surface area (Å²) in [6, 6.07) is 12.8. The largest absolute Gasteiger partial charge is 0.457 e. The summed E-state index contributed by atoms with van der Waals surface area (Å²) >= 11 is 17.1. The van der Waals surface area contributed by atoms with Crippen molar-refractivity contribution >= 4 is 63.9 Å². The number of nitro groups is 1. The highest BCUT2D eigenvalue weighted by molar-refractivity contribution is 7.80. The van der Waals surface area contributed by atoms with Crippen LogP contribution in [0.25, 0.3) is 17.4 Å². The summed E-state index contributed by atoms with van der Waals surface area (Å²) in [6.45, 7) is 1.70. The van der Waals surface area contributed by atoms with E-state index >= 15 is 0 Å². The fourth-order valence-corrected chi connectivity index (χ4v) is 3.40. The van der Waals surface area contributed by atoms with Crippen LogP contribution in [0.2, 0.25) is 10.0 Å². The summed E-state index contributed by atoms with van der Waals surface area (Å²) in [6.07, 6.45) is 2.76. The number of thiocarbonyl (C=S) groups is 1. The smallest absolute Gasteiger partial charge is 0.269 e. The lowest BCUT2D eigenvalue weighted by molar-refractivity contribution is -0.384. The van der Waals surface area contributed by atoms with Crippen molar-refractivity contribution in [2.75, 3.05) is 5.32 Å². The number of rotatable bonds is 5. The van der Waals surface area contributed by atoms with Crippen LogP contribution in [-0.4, -0.2) is 15.9 Å². The van der Waals surface area contributed by atoms with Crippen LogP contribution in [0.15, 0.2) is 59.0 Å². The number of aryl methyl sites for hydroxylation is 1. The zero-order valence-corrected chi connectivity index (χ0v) is 18.3. The second kappa shape index (κ2) is 9.74. The maximum Gasteiger partial charge on any atom is 0.269 e. The molecule has 0 aliphatic carbocycles. The van der Waals surface area contributed by atoms with Gasteiger partial charge in [0.25, 0.3) is 5.69 Å². The third-order valence-corrected chi connectivity index (χ3v) is 4.72. The molecule has 0 bridgehead atoms. The molecule has 3 aromatic rings. The van der Waals surface area contributed by atoms with Gasteiger partial charge in [0.1, 0.15) is 11.5 Å². The zero-order valence-electron chi connectivity index (χ0n) is 16.0. The number of amides is 1. The van der Waals surface area contributed by atoms with Crippen LogP contribution in [0, 0.1) is 17.0 Å². The number of hydrogen-bond donors (Lipinski definition) is 2. The molecule has 10 heteroatoms. The number of nitro benzene ring substituents is 1. The van der Waals surface area contributed by atoms with Crippen molar-refractivity contribution < 1.29 is 14.1 Å². The molecule has 0 aliphatic heterocycles. The Kier molecular flexibility index (Phi) is 7.06. The normalized spacial score (nSPS) is 10.8. The standard InChI is InChI=1S/C21H15Cl2N3O4S/c1-12-8-16(26(28)29)2-5-18(12)24-21(31)25-20(27)7-4-17-3-6-19(30-17)13-9-14(22)11-15(23)10-13/h2-11H,1H3,(H2,24,25,27,31)/b7-4+. The second-order valence-electron chi connectivity index (χ2n) is 6.39. The molecule has 1 aromatic heterocycles. The number of nitrogens with one attached hydrogen (secondary N) is 2. The van der Waals surface area contributed by atoms with E-state index in [1.54, 1.807) is 37.3 Å². The van der Waals surface area contributed by atoms with Crippen molar-refractivity contribution in [2.45, 2.75) is 6.92 Å². The number of benzene rings is 2. The van der Waals surface area contributed by atoms with E-state index in [1.165, 1.54) is 30.4 Å². The molecule has 0 fully saturated rings. The van der Waals surface area contributed by atoms with Gasteiger partial charge in [0.15, 0.2) is 5.11 Å². The molecule has 3 rings (SSSR count). The number of halogens is 2. The lowest BCUT2D eigenvalue weighted by atomic mass is 10.2. The molecular formula is C21H15Cl2N3O4S. The number of nitrogens with zero attached hydrogens (tertiary/aromatic N) is 1. The average Bonchev–Trinajstić information content (AvgIpc) is 3.16. The molecule has 7 nitrogen and oxygen atoms in total. The van der Waals surface area contributed by atoms with Crippen LogP contribution in [0.1, 0.15) is 11.3 Å². The van der Waals surface area contributed by atoms with E-state index in [-0.39, 0.29) is 10.8 Å². The van der Waals surface area contributed by atoms with Gasteiger partial charge in [0.2, 0.25) is 5.91 Å². The quantitative estimate of drug-likeness (QED) is 0.203. The number of hydrogen-bond acceptors (Lipinski definition) is 5. The Bertz CT molecular complexity index is 1190. The van der Waals surface area contributed by atoms with Gasteiger partial charge < -0.3 is 9.73 Å². The van der Waals surface area contributed by atoms with Crippen molar-refractivity contribution in [2.24, 2.45) is 0 Å². The Morgan fingerprint density at radius 1 is 1.13 bits per heavy atom. The van der Waals surface area contributed by atoms with Crippen LogP contribution in [0.3, 0.4) is 0 Å². The Labute approximate surface area is 192 Å². The molecule has 1 amide bonds. The van der Waals surface area contributed by atoms with Gasteiger partial charge in [0, 0.05) is 39.5 Å². The first-order valence-electron chi connectivity index (χ1n) is 8.82. The first-order chi connectivity index (χ1) is 14.7. The van der Waals surface area contributed by atoms with Crippen molar-refractivity contribution in [3.8, 4) is 11.3 Å². The molecule has 0 aliphatic rings. The van der Waals surface area contributed by atoms with Gasteiger partial charge in [0.05, 0.1) is 4.92 Å². The third kappa shape index (κ3) is 6.14. The molecule has 0 spiro atoms. The monoisotopic (exact) mass is 475 g/mol. The highest BCUT2D eigenvalue weighted by Crippen LogP contribution is 2.29. The zero-order chi connectivity index (χ0) is 22.5. The maximum absolute atomic E-state index is 12.1. The number of anilines is 1. The number of carbonyl (C=O) groups excluding carboxylic acids is 1. The van der Waals surface area contributed by atoms with Gasteiger partial charge in [-0.15, -0.1) is 0 Å². The van der Waals surface area contributed by atoms with Crippen LogP contribution in [0.4, 0.5) is 11.4 Å². The predicted molar refractivity (Wildman–Crippen MR) is 125 cm³/mol. The van der Waals surface area contributed by atoms with Gasteiger partial charge in [-0.1, -0.05) is 23.2 Å². The molecule has 31 heavy (non-hydrogen) atoms. The van der Waals surface area contributed by atoms with Crippen molar-refractivity contribution in [1.82, 2.24) is 5.32 Å².